The zero-order valence-corrected chi connectivity index (χ0v) is 9.63. The van der Waals surface area contributed by atoms with E-state index in [-0.39, 0.29) is 0 Å². The maximum atomic E-state index is 5.60. The molecule has 0 bridgehead atoms. The summed E-state index contributed by atoms with van der Waals surface area (Å²) in [5.74, 6) is 0.703. The molecule has 3 rings (SSSR count). The van der Waals surface area contributed by atoms with Gasteiger partial charge in [0.05, 0.1) is 12.8 Å². The third-order valence-electron chi connectivity index (χ3n) is 2.73. The van der Waals surface area contributed by atoms with Gasteiger partial charge in [-0.2, -0.15) is 4.40 Å². The predicted octanol–water partition coefficient (Wildman–Crippen LogP) is 2.37. The quantitative estimate of drug-likeness (QED) is 0.494. The Bertz CT molecular complexity index is 679. The number of hydrogen-bond donors (Lipinski definition) is 0. The number of ether oxygens (including phenoxy) is 1. The van der Waals surface area contributed by atoms with Gasteiger partial charge in [-0.1, -0.05) is 18.2 Å². The van der Waals surface area contributed by atoms with E-state index in [1.165, 1.54) is 0 Å². The number of para-hydroxylation sites is 1. The Morgan fingerprint density at radius 2 is 1.94 bits per heavy atom. The van der Waals surface area contributed by atoms with E-state index in [4.69, 9.17) is 4.74 Å². The standard InChI is InChI=1S/C14H13N2O/c1-2-17-14-11-7-3-4-8-12(11)16-10-6-5-9-13(16)15-14/h3-10H,2H2,1H3/q+1. The molecule has 0 fully saturated rings. The molecule has 0 aliphatic carbocycles. The first-order valence-electron chi connectivity index (χ1n) is 5.72. The lowest BCUT2D eigenvalue weighted by Crippen LogP contribution is -2.23. The average Bonchev–Trinajstić information content (AvgIpc) is 2.39. The van der Waals surface area contributed by atoms with E-state index in [0.29, 0.717) is 12.5 Å². The van der Waals surface area contributed by atoms with Crippen molar-refractivity contribution in [2.24, 2.45) is 0 Å². The largest absolute Gasteiger partial charge is 0.459 e. The topological polar surface area (TPSA) is 26.2 Å². The summed E-state index contributed by atoms with van der Waals surface area (Å²) in [4.78, 5) is 4.53. The van der Waals surface area contributed by atoms with E-state index in [1.54, 1.807) is 0 Å². The van der Waals surface area contributed by atoms with Gasteiger partial charge in [-0.25, -0.2) is 0 Å². The number of pyridine rings is 1. The lowest BCUT2D eigenvalue weighted by molar-refractivity contribution is -0.484. The van der Waals surface area contributed by atoms with Crippen molar-refractivity contribution in [3.63, 3.8) is 0 Å². The summed E-state index contributed by atoms with van der Waals surface area (Å²) in [5.41, 5.74) is 2.01. The number of aromatic nitrogens is 2. The number of fused-ring (bicyclic) bond motifs is 3. The molecule has 0 unspecified atom stereocenters. The van der Waals surface area contributed by atoms with Crippen molar-refractivity contribution in [1.82, 2.24) is 4.98 Å². The van der Waals surface area contributed by atoms with Gasteiger partial charge >= 0.3 is 11.5 Å². The third-order valence-corrected chi connectivity index (χ3v) is 2.73. The number of rotatable bonds is 2. The first kappa shape index (κ1) is 10.0. The molecule has 1 aromatic carbocycles. The van der Waals surface area contributed by atoms with Crippen LogP contribution < -0.4 is 9.14 Å². The highest BCUT2D eigenvalue weighted by Gasteiger charge is 2.15. The fourth-order valence-corrected chi connectivity index (χ4v) is 2.00. The summed E-state index contributed by atoms with van der Waals surface area (Å²) < 4.78 is 7.67. The molecule has 84 valence electrons. The second-order valence-electron chi connectivity index (χ2n) is 3.80. The minimum Gasteiger partial charge on any atom is -0.459 e. The van der Waals surface area contributed by atoms with E-state index >= 15 is 0 Å². The Balaban J connectivity index is 2.45. The Hall–Kier alpha value is -2.16. The molecule has 0 spiro atoms. The second kappa shape index (κ2) is 4.01. The summed E-state index contributed by atoms with van der Waals surface area (Å²) in [6, 6.07) is 14.1. The van der Waals surface area contributed by atoms with Crippen LogP contribution >= 0.6 is 0 Å². The van der Waals surface area contributed by atoms with E-state index in [2.05, 4.69) is 15.5 Å². The molecule has 17 heavy (non-hydrogen) atoms. The van der Waals surface area contributed by atoms with Gasteiger partial charge < -0.3 is 4.74 Å². The van der Waals surface area contributed by atoms with Gasteiger partial charge in [-0.05, 0) is 30.1 Å². The highest BCUT2D eigenvalue weighted by Crippen LogP contribution is 2.21. The zero-order chi connectivity index (χ0) is 11.7. The van der Waals surface area contributed by atoms with Crippen molar-refractivity contribution in [2.75, 3.05) is 6.61 Å². The van der Waals surface area contributed by atoms with E-state index < -0.39 is 0 Å². The van der Waals surface area contributed by atoms with Crippen LogP contribution in [0.3, 0.4) is 0 Å². The maximum absolute atomic E-state index is 5.60. The van der Waals surface area contributed by atoms with E-state index in [1.807, 2.05) is 49.5 Å². The molecule has 0 radical (unpaired) electrons. The molecule has 3 nitrogen and oxygen atoms in total. The smallest absolute Gasteiger partial charge is 0.340 e. The number of benzene rings is 1. The second-order valence-corrected chi connectivity index (χ2v) is 3.80. The van der Waals surface area contributed by atoms with Crippen LogP contribution in [0.25, 0.3) is 16.6 Å². The van der Waals surface area contributed by atoms with Crippen molar-refractivity contribution < 1.29 is 9.14 Å². The molecule has 0 aliphatic heterocycles. The molecule has 3 heteroatoms. The predicted molar refractivity (Wildman–Crippen MR) is 66.1 cm³/mol. The summed E-state index contributed by atoms with van der Waals surface area (Å²) in [6.45, 7) is 2.60. The molecule has 3 aromatic rings. The van der Waals surface area contributed by atoms with Crippen molar-refractivity contribution in [2.45, 2.75) is 6.92 Å². The van der Waals surface area contributed by atoms with Crippen LogP contribution in [0, 0.1) is 0 Å². The van der Waals surface area contributed by atoms with Gasteiger partial charge in [-0.15, -0.1) is 0 Å². The van der Waals surface area contributed by atoms with Gasteiger partial charge in [0, 0.05) is 6.07 Å². The van der Waals surface area contributed by atoms with Crippen molar-refractivity contribution in [1.29, 1.82) is 0 Å². The summed E-state index contributed by atoms with van der Waals surface area (Å²) >= 11 is 0. The van der Waals surface area contributed by atoms with E-state index in [9.17, 15) is 0 Å². The molecular weight excluding hydrogens is 212 g/mol. The van der Waals surface area contributed by atoms with Crippen molar-refractivity contribution >= 4 is 16.6 Å². The van der Waals surface area contributed by atoms with Crippen LogP contribution in [0.15, 0.2) is 48.7 Å². The van der Waals surface area contributed by atoms with Crippen LogP contribution in [0.1, 0.15) is 6.92 Å². The monoisotopic (exact) mass is 225 g/mol. The minimum atomic E-state index is 0.625. The fourth-order valence-electron chi connectivity index (χ4n) is 2.00. The molecule has 2 aromatic heterocycles. The first-order valence-corrected chi connectivity index (χ1v) is 5.72. The summed E-state index contributed by atoms with van der Waals surface area (Å²) in [6.07, 6.45) is 2.01. The van der Waals surface area contributed by atoms with Gasteiger partial charge in [0.2, 0.25) is 0 Å². The lowest BCUT2D eigenvalue weighted by Gasteiger charge is -2.02. The Labute approximate surface area is 99.3 Å². The molecule has 0 saturated carbocycles. The van der Waals surface area contributed by atoms with Crippen LogP contribution in [-0.4, -0.2) is 11.6 Å². The maximum Gasteiger partial charge on any atom is 0.340 e. The van der Waals surface area contributed by atoms with Crippen LogP contribution in [0.4, 0.5) is 0 Å². The SMILES string of the molecule is CCOc1nc2cccc[n+]2c2ccccc12. The van der Waals surface area contributed by atoms with Crippen molar-refractivity contribution in [3.05, 3.63) is 48.7 Å². The summed E-state index contributed by atoms with van der Waals surface area (Å²) in [7, 11) is 0. The highest BCUT2D eigenvalue weighted by molar-refractivity contribution is 5.81. The Morgan fingerprint density at radius 1 is 1.12 bits per heavy atom. The molecule has 0 aliphatic rings. The van der Waals surface area contributed by atoms with Gasteiger partial charge in [0.25, 0.3) is 0 Å². The van der Waals surface area contributed by atoms with Gasteiger partial charge in [0.15, 0.2) is 0 Å². The minimum absolute atomic E-state index is 0.625. The zero-order valence-electron chi connectivity index (χ0n) is 9.63. The van der Waals surface area contributed by atoms with Gasteiger partial charge in [0.1, 0.15) is 10.9 Å². The molecule has 0 atom stereocenters. The van der Waals surface area contributed by atoms with E-state index in [0.717, 1.165) is 16.6 Å². The molecular formula is C14H13N2O+. The Kier molecular flexibility index (Phi) is 2.37. The Morgan fingerprint density at radius 3 is 2.82 bits per heavy atom. The van der Waals surface area contributed by atoms with Gasteiger partial charge in [-0.3, -0.25) is 0 Å². The number of hydrogen-bond acceptors (Lipinski definition) is 2. The molecule has 0 amide bonds. The fraction of sp³-hybridized carbons (Fsp3) is 0.143. The molecule has 2 heterocycles. The van der Waals surface area contributed by atoms with Crippen LogP contribution in [0.5, 0.6) is 5.88 Å². The molecule has 0 saturated heterocycles. The lowest BCUT2D eigenvalue weighted by atomic mass is 10.2. The van der Waals surface area contributed by atoms with Crippen molar-refractivity contribution in [3.8, 4) is 5.88 Å². The number of nitrogens with zero attached hydrogens (tertiary/aromatic N) is 2. The third kappa shape index (κ3) is 1.60. The molecule has 0 N–H and O–H groups in total. The van der Waals surface area contributed by atoms with Crippen LogP contribution in [0.2, 0.25) is 0 Å². The first-order chi connectivity index (χ1) is 8.40. The summed E-state index contributed by atoms with van der Waals surface area (Å²) in [5, 5.41) is 1.04. The average molecular weight is 225 g/mol. The highest BCUT2D eigenvalue weighted by atomic mass is 16.5. The van der Waals surface area contributed by atoms with Crippen LogP contribution in [-0.2, 0) is 0 Å². The normalized spacial score (nSPS) is 10.9.